The van der Waals surface area contributed by atoms with E-state index in [1.807, 2.05) is 32.2 Å². The molecule has 108 valence electrons. The number of thiophene rings is 1. The summed E-state index contributed by atoms with van der Waals surface area (Å²) in [6, 6.07) is 8.20. The van der Waals surface area contributed by atoms with E-state index in [0.29, 0.717) is 13.2 Å². The molecule has 0 spiro atoms. The number of nitrogens with zero attached hydrogens (tertiary/aromatic N) is 1. The molecule has 21 heavy (non-hydrogen) atoms. The molecule has 0 aliphatic rings. The van der Waals surface area contributed by atoms with Gasteiger partial charge >= 0.3 is 0 Å². The standard InChI is InChI=1S/C17H17NO2S/c1-3-19-16-8-13-7-14(12-5-6-21-11-12)10-18-15(13)9-17(16)20-4-2/h5-11H,3-4H2,1-2H3. The zero-order chi connectivity index (χ0) is 14.7. The first-order chi connectivity index (χ1) is 10.3. The minimum atomic E-state index is 0.610. The molecule has 0 aliphatic carbocycles. The van der Waals surface area contributed by atoms with Crippen molar-refractivity contribution in [2.24, 2.45) is 0 Å². The SMILES string of the molecule is CCOc1cc2cc(-c3ccsc3)cnc2cc1OCC. The van der Waals surface area contributed by atoms with Crippen LogP contribution in [0.2, 0.25) is 0 Å². The number of aromatic nitrogens is 1. The maximum absolute atomic E-state index is 5.68. The van der Waals surface area contributed by atoms with Crippen LogP contribution in [-0.2, 0) is 0 Å². The number of hydrogen-bond acceptors (Lipinski definition) is 4. The van der Waals surface area contributed by atoms with Crippen LogP contribution in [0.4, 0.5) is 0 Å². The van der Waals surface area contributed by atoms with Crippen LogP contribution in [0.15, 0.2) is 41.2 Å². The van der Waals surface area contributed by atoms with E-state index >= 15 is 0 Å². The first-order valence-electron chi connectivity index (χ1n) is 7.03. The molecule has 2 heterocycles. The van der Waals surface area contributed by atoms with Crippen molar-refractivity contribution in [1.29, 1.82) is 0 Å². The van der Waals surface area contributed by atoms with Gasteiger partial charge in [0.15, 0.2) is 11.5 Å². The van der Waals surface area contributed by atoms with E-state index in [1.54, 1.807) is 11.3 Å². The van der Waals surface area contributed by atoms with Crippen molar-refractivity contribution < 1.29 is 9.47 Å². The summed E-state index contributed by atoms with van der Waals surface area (Å²) in [5.41, 5.74) is 3.23. The summed E-state index contributed by atoms with van der Waals surface area (Å²) in [6.07, 6.45) is 1.90. The van der Waals surface area contributed by atoms with Crippen molar-refractivity contribution in [2.45, 2.75) is 13.8 Å². The van der Waals surface area contributed by atoms with Crippen molar-refractivity contribution in [3.63, 3.8) is 0 Å². The van der Waals surface area contributed by atoms with Gasteiger partial charge in [0.05, 0.1) is 18.7 Å². The Morgan fingerprint density at radius 3 is 2.43 bits per heavy atom. The molecule has 3 aromatic rings. The highest BCUT2D eigenvalue weighted by Crippen LogP contribution is 2.33. The van der Waals surface area contributed by atoms with Crippen LogP contribution >= 0.6 is 11.3 Å². The molecule has 2 aromatic heterocycles. The van der Waals surface area contributed by atoms with Crippen LogP contribution < -0.4 is 9.47 Å². The molecular weight excluding hydrogens is 282 g/mol. The number of fused-ring (bicyclic) bond motifs is 1. The van der Waals surface area contributed by atoms with E-state index in [-0.39, 0.29) is 0 Å². The summed E-state index contributed by atoms with van der Waals surface area (Å²) in [5.74, 6) is 1.53. The van der Waals surface area contributed by atoms with Crippen LogP contribution in [0, 0.1) is 0 Å². The molecule has 4 heteroatoms. The Bertz CT molecular complexity index is 738. The maximum Gasteiger partial charge on any atom is 0.163 e. The number of hydrogen-bond donors (Lipinski definition) is 0. The van der Waals surface area contributed by atoms with Crippen molar-refractivity contribution in [2.75, 3.05) is 13.2 Å². The first-order valence-corrected chi connectivity index (χ1v) is 7.98. The second-order valence-corrected chi connectivity index (χ2v) is 5.37. The fourth-order valence-corrected chi connectivity index (χ4v) is 2.92. The second-order valence-electron chi connectivity index (χ2n) is 4.59. The number of benzene rings is 1. The molecule has 0 amide bonds. The van der Waals surface area contributed by atoms with E-state index in [4.69, 9.17) is 9.47 Å². The van der Waals surface area contributed by atoms with E-state index in [0.717, 1.165) is 28.0 Å². The van der Waals surface area contributed by atoms with E-state index in [2.05, 4.69) is 27.9 Å². The zero-order valence-corrected chi connectivity index (χ0v) is 12.9. The predicted molar refractivity (Wildman–Crippen MR) is 87.4 cm³/mol. The summed E-state index contributed by atoms with van der Waals surface area (Å²) in [6.45, 7) is 5.16. The molecule has 0 unspecified atom stereocenters. The summed E-state index contributed by atoms with van der Waals surface area (Å²) < 4.78 is 11.3. The average Bonchev–Trinajstić information content (AvgIpc) is 3.02. The van der Waals surface area contributed by atoms with Gasteiger partial charge < -0.3 is 9.47 Å². The summed E-state index contributed by atoms with van der Waals surface area (Å²) in [7, 11) is 0. The lowest BCUT2D eigenvalue weighted by atomic mass is 10.1. The lowest BCUT2D eigenvalue weighted by Gasteiger charge is -2.12. The minimum absolute atomic E-state index is 0.610. The van der Waals surface area contributed by atoms with E-state index in [9.17, 15) is 0 Å². The third kappa shape index (κ3) is 2.85. The van der Waals surface area contributed by atoms with Crippen LogP contribution in [0.1, 0.15) is 13.8 Å². The maximum atomic E-state index is 5.68. The molecule has 0 radical (unpaired) electrons. The highest BCUT2D eigenvalue weighted by molar-refractivity contribution is 7.08. The number of ether oxygens (including phenoxy) is 2. The Labute approximate surface area is 128 Å². The monoisotopic (exact) mass is 299 g/mol. The Morgan fingerprint density at radius 1 is 1.00 bits per heavy atom. The number of pyridine rings is 1. The lowest BCUT2D eigenvalue weighted by Crippen LogP contribution is -1.98. The molecule has 0 fully saturated rings. The summed E-state index contributed by atoms with van der Waals surface area (Å²) in [4.78, 5) is 4.55. The molecule has 3 nitrogen and oxygen atoms in total. The van der Waals surface area contributed by atoms with Crippen molar-refractivity contribution in [3.8, 4) is 22.6 Å². The van der Waals surface area contributed by atoms with Gasteiger partial charge in [-0.3, -0.25) is 4.98 Å². The highest BCUT2D eigenvalue weighted by atomic mass is 32.1. The van der Waals surface area contributed by atoms with Gasteiger partial charge in [-0.25, -0.2) is 0 Å². The third-order valence-corrected chi connectivity index (χ3v) is 3.88. The largest absolute Gasteiger partial charge is 0.490 e. The van der Waals surface area contributed by atoms with E-state index < -0.39 is 0 Å². The van der Waals surface area contributed by atoms with Gasteiger partial charge in [-0.05, 0) is 48.4 Å². The smallest absolute Gasteiger partial charge is 0.163 e. The topological polar surface area (TPSA) is 31.4 Å². The fraction of sp³-hybridized carbons (Fsp3) is 0.235. The molecular formula is C17H17NO2S. The van der Waals surface area contributed by atoms with Crippen LogP contribution in [0.5, 0.6) is 11.5 Å². The molecule has 0 saturated carbocycles. The van der Waals surface area contributed by atoms with E-state index in [1.165, 1.54) is 5.56 Å². The Morgan fingerprint density at radius 2 is 1.76 bits per heavy atom. The van der Waals surface area contributed by atoms with Gasteiger partial charge in [0, 0.05) is 23.2 Å². The normalized spacial score (nSPS) is 10.8. The molecule has 0 saturated heterocycles. The average molecular weight is 299 g/mol. The van der Waals surface area contributed by atoms with Crippen LogP contribution in [0.25, 0.3) is 22.0 Å². The first kappa shape index (κ1) is 13.9. The Kier molecular flexibility index (Phi) is 4.06. The highest BCUT2D eigenvalue weighted by Gasteiger charge is 2.09. The molecule has 0 atom stereocenters. The third-order valence-electron chi connectivity index (χ3n) is 3.20. The van der Waals surface area contributed by atoms with Gasteiger partial charge in [-0.15, -0.1) is 0 Å². The zero-order valence-electron chi connectivity index (χ0n) is 12.1. The van der Waals surface area contributed by atoms with Crippen molar-refractivity contribution >= 4 is 22.2 Å². The molecule has 0 bridgehead atoms. The van der Waals surface area contributed by atoms with Crippen LogP contribution in [-0.4, -0.2) is 18.2 Å². The Balaban J connectivity index is 2.10. The van der Waals surface area contributed by atoms with Crippen molar-refractivity contribution in [3.05, 3.63) is 41.2 Å². The van der Waals surface area contributed by atoms with Gasteiger partial charge in [-0.2, -0.15) is 11.3 Å². The summed E-state index contributed by atoms with van der Waals surface area (Å²) >= 11 is 1.69. The Hall–Kier alpha value is -2.07. The van der Waals surface area contributed by atoms with Gasteiger partial charge in [-0.1, -0.05) is 0 Å². The van der Waals surface area contributed by atoms with Crippen LogP contribution in [0.3, 0.4) is 0 Å². The second kappa shape index (κ2) is 6.14. The fourth-order valence-electron chi connectivity index (χ4n) is 2.26. The van der Waals surface area contributed by atoms with Gasteiger partial charge in [0.25, 0.3) is 0 Å². The van der Waals surface area contributed by atoms with Crippen molar-refractivity contribution in [1.82, 2.24) is 4.98 Å². The quantitative estimate of drug-likeness (QED) is 0.680. The molecule has 1 aromatic carbocycles. The van der Waals surface area contributed by atoms with Gasteiger partial charge in [0.2, 0.25) is 0 Å². The predicted octanol–water partition coefficient (Wildman–Crippen LogP) is 4.76. The lowest BCUT2D eigenvalue weighted by molar-refractivity contribution is 0.288. The molecule has 0 aliphatic heterocycles. The molecule has 3 rings (SSSR count). The van der Waals surface area contributed by atoms with Gasteiger partial charge in [0.1, 0.15) is 0 Å². The summed E-state index contributed by atoms with van der Waals surface area (Å²) in [5, 5.41) is 5.26. The minimum Gasteiger partial charge on any atom is -0.490 e. The molecule has 0 N–H and O–H groups in total. The number of rotatable bonds is 5.